The average Bonchev–Trinajstić information content (AvgIpc) is 2.74. The molecule has 0 spiro atoms. The first kappa shape index (κ1) is 17.4. The van der Waals surface area contributed by atoms with Crippen LogP contribution in [0.15, 0.2) is 54.6 Å². The Kier molecular flexibility index (Phi) is 5.45. The predicted molar refractivity (Wildman–Crippen MR) is 108 cm³/mol. The van der Waals surface area contributed by atoms with E-state index in [0.717, 1.165) is 30.8 Å². The number of para-hydroxylation sites is 2. The van der Waals surface area contributed by atoms with Crippen molar-refractivity contribution in [2.75, 3.05) is 38.2 Å². The van der Waals surface area contributed by atoms with Gasteiger partial charge in [0, 0.05) is 32.2 Å². The van der Waals surface area contributed by atoms with Crippen LogP contribution in [0.5, 0.6) is 5.75 Å². The zero-order valence-electron chi connectivity index (χ0n) is 15.8. The monoisotopic (exact) mass is 350 g/mol. The molecule has 1 saturated carbocycles. The summed E-state index contributed by atoms with van der Waals surface area (Å²) in [4.78, 5) is 5.21. The molecule has 0 N–H and O–H groups in total. The summed E-state index contributed by atoms with van der Waals surface area (Å²) in [6.45, 7) is 4.52. The molecule has 1 aliphatic heterocycles. The van der Waals surface area contributed by atoms with Crippen LogP contribution in [0, 0.1) is 0 Å². The van der Waals surface area contributed by atoms with Gasteiger partial charge < -0.3 is 9.64 Å². The molecular weight excluding hydrogens is 320 g/mol. The second-order valence-corrected chi connectivity index (χ2v) is 7.61. The zero-order chi connectivity index (χ0) is 17.8. The molecule has 0 aromatic heterocycles. The van der Waals surface area contributed by atoms with Gasteiger partial charge in [0.25, 0.3) is 0 Å². The number of benzene rings is 2. The number of rotatable bonds is 4. The number of piperazine rings is 1. The average molecular weight is 351 g/mol. The highest BCUT2D eigenvalue weighted by molar-refractivity contribution is 5.58. The summed E-state index contributed by atoms with van der Waals surface area (Å²) in [5.74, 6) is 1.76. The van der Waals surface area contributed by atoms with E-state index in [1.165, 1.54) is 50.0 Å². The van der Waals surface area contributed by atoms with Crippen molar-refractivity contribution < 1.29 is 4.74 Å². The Morgan fingerprint density at radius 1 is 0.769 bits per heavy atom. The lowest BCUT2D eigenvalue weighted by Crippen LogP contribution is -2.51. The highest BCUT2D eigenvalue weighted by Crippen LogP contribution is 2.35. The quantitative estimate of drug-likeness (QED) is 0.805. The molecule has 1 aliphatic carbocycles. The third-order valence-corrected chi connectivity index (χ3v) is 6.22. The van der Waals surface area contributed by atoms with Crippen molar-refractivity contribution in [2.24, 2.45) is 0 Å². The molecule has 2 aromatic carbocycles. The Balaban J connectivity index is 1.30. The van der Waals surface area contributed by atoms with Crippen LogP contribution < -0.4 is 9.64 Å². The van der Waals surface area contributed by atoms with Crippen molar-refractivity contribution in [1.29, 1.82) is 0 Å². The maximum absolute atomic E-state index is 5.54. The lowest BCUT2D eigenvalue weighted by Gasteiger charge is -2.43. The van der Waals surface area contributed by atoms with E-state index < -0.39 is 0 Å². The van der Waals surface area contributed by atoms with Gasteiger partial charge in [0.2, 0.25) is 0 Å². The molecule has 138 valence electrons. The van der Waals surface area contributed by atoms with Gasteiger partial charge in [0.1, 0.15) is 5.75 Å². The summed E-state index contributed by atoms with van der Waals surface area (Å²) in [5, 5.41) is 0. The molecule has 3 heteroatoms. The third kappa shape index (κ3) is 3.73. The zero-order valence-corrected chi connectivity index (χ0v) is 15.8. The van der Waals surface area contributed by atoms with Crippen molar-refractivity contribution in [3.05, 3.63) is 60.2 Å². The van der Waals surface area contributed by atoms with E-state index in [2.05, 4.69) is 58.3 Å². The number of hydrogen-bond donors (Lipinski definition) is 0. The minimum absolute atomic E-state index is 0.766. The molecule has 2 aromatic rings. The van der Waals surface area contributed by atoms with E-state index in [-0.39, 0.29) is 0 Å². The van der Waals surface area contributed by atoms with Gasteiger partial charge in [-0.3, -0.25) is 4.90 Å². The van der Waals surface area contributed by atoms with Crippen molar-refractivity contribution in [1.82, 2.24) is 4.90 Å². The number of nitrogens with zero attached hydrogens (tertiary/aromatic N) is 2. The van der Waals surface area contributed by atoms with Crippen LogP contribution in [-0.4, -0.2) is 44.2 Å². The molecule has 2 aliphatic rings. The molecule has 0 radical (unpaired) electrons. The first-order chi connectivity index (χ1) is 12.8. The van der Waals surface area contributed by atoms with E-state index in [0.29, 0.717) is 0 Å². The number of hydrogen-bond acceptors (Lipinski definition) is 3. The summed E-state index contributed by atoms with van der Waals surface area (Å²) < 4.78 is 5.54. The summed E-state index contributed by atoms with van der Waals surface area (Å²) in [7, 11) is 1.76. The van der Waals surface area contributed by atoms with Gasteiger partial charge >= 0.3 is 0 Å². The second kappa shape index (κ2) is 8.13. The first-order valence-corrected chi connectivity index (χ1v) is 10.0. The van der Waals surface area contributed by atoms with E-state index in [1.807, 2.05) is 6.07 Å². The Hall–Kier alpha value is -2.00. The first-order valence-electron chi connectivity index (χ1n) is 10.0. The van der Waals surface area contributed by atoms with Crippen LogP contribution >= 0.6 is 0 Å². The van der Waals surface area contributed by atoms with Crippen LogP contribution in [0.4, 0.5) is 5.69 Å². The van der Waals surface area contributed by atoms with Crippen molar-refractivity contribution >= 4 is 5.69 Å². The molecule has 4 rings (SSSR count). The minimum Gasteiger partial charge on any atom is -0.495 e. The van der Waals surface area contributed by atoms with Crippen molar-refractivity contribution in [2.45, 2.75) is 37.6 Å². The van der Waals surface area contributed by atoms with Gasteiger partial charge in [0.05, 0.1) is 12.8 Å². The Morgan fingerprint density at radius 3 is 2.12 bits per heavy atom. The predicted octanol–water partition coefficient (Wildman–Crippen LogP) is 4.54. The van der Waals surface area contributed by atoms with E-state index in [9.17, 15) is 0 Å². The summed E-state index contributed by atoms with van der Waals surface area (Å²) in [5.41, 5.74) is 2.77. The summed E-state index contributed by atoms with van der Waals surface area (Å²) in [6.07, 6.45) is 5.35. The molecule has 26 heavy (non-hydrogen) atoms. The molecule has 1 saturated heterocycles. The molecule has 2 fully saturated rings. The van der Waals surface area contributed by atoms with Crippen molar-refractivity contribution in [3.63, 3.8) is 0 Å². The Labute approximate surface area is 157 Å². The van der Waals surface area contributed by atoms with Crippen LogP contribution in [0.25, 0.3) is 0 Å². The molecule has 0 atom stereocenters. The van der Waals surface area contributed by atoms with Gasteiger partial charge in [-0.15, -0.1) is 0 Å². The molecule has 1 heterocycles. The third-order valence-electron chi connectivity index (χ3n) is 6.22. The highest BCUT2D eigenvalue weighted by Gasteiger charge is 2.29. The lowest BCUT2D eigenvalue weighted by atomic mass is 9.81. The summed E-state index contributed by atoms with van der Waals surface area (Å²) >= 11 is 0. The lowest BCUT2D eigenvalue weighted by molar-refractivity contribution is 0.141. The Morgan fingerprint density at radius 2 is 1.42 bits per heavy atom. The normalized spacial score (nSPS) is 24.4. The smallest absolute Gasteiger partial charge is 0.142 e. The largest absolute Gasteiger partial charge is 0.495 e. The van der Waals surface area contributed by atoms with E-state index in [4.69, 9.17) is 4.74 Å². The van der Waals surface area contributed by atoms with Crippen LogP contribution in [0.1, 0.15) is 37.2 Å². The number of anilines is 1. The number of ether oxygens (including phenoxy) is 1. The van der Waals surface area contributed by atoms with Crippen LogP contribution in [0.3, 0.4) is 0 Å². The molecule has 0 unspecified atom stereocenters. The van der Waals surface area contributed by atoms with E-state index in [1.54, 1.807) is 7.11 Å². The molecule has 3 nitrogen and oxygen atoms in total. The standard InChI is InChI=1S/C23H30N2O/c1-26-23-10-6-5-9-22(23)25-17-15-24(16-18-25)21-13-11-20(12-14-21)19-7-3-2-4-8-19/h2-10,20-21H,11-18H2,1H3. The number of methoxy groups -OCH3 is 1. The SMILES string of the molecule is COc1ccccc1N1CCN(C2CCC(c3ccccc3)CC2)CC1. The molecular formula is C23H30N2O. The van der Waals surface area contributed by atoms with E-state index >= 15 is 0 Å². The maximum Gasteiger partial charge on any atom is 0.142 e. The topological polar surface area (TPSA) is 15.7 Å². The fourth-order valence-electron chi connectivity index (χ4n) is 4.72. The van der Waals surface area contributed by atoms with Gasteiger partial charge in [-0.25, -0.2) is 0 Å². The van der Waals surface area contributed by atoms with Crippen LogP contribution in [0.2, 0.25) is 0 Å². The van der Waals surface area contributed by atoms with Gasteiger partial charge in [-0.2, -0.15) is 0 Å². The van der Waals surface area contributed by atoms with Gasteiger partial charge in [0.15, 0.2) is 0 Å². The Bertz CT molecular complexity index is 686. The fraction of sp³-hybridized carbons (Fsp3) is 0.478. The van der Waals surface area contributed by atoms with Crippen LogP contribution in [-0.2, 0) is 0 Å². The maximum atomic E-state index is 5.54. The van der Waals surface area contributed by atoms with Crippen molar-refractivity contribution in [3.8, 4) is 5.75 Å². The van der Waals surface area contributed by atoms with Gasteiger partial charge in [-0.05, 0) is 49.3 Å². The summed E-state index contributed by atoms with van der Waals surface area (Å²) in [6, 6.07) is 20.3. The highest BCUT2D eigenvalue weighted by atomic mass is 16.5. The minimum atomic E-state index is 0.766. The van der Waals surface area contributed by atoms with Gasteiger partial charge in [-0.1, -0.05) is 42.5 Å². The fourth-order valence-corrected chi connectivity index (χ4v) is 4.72. The molecule has 0 bridgehead atoms. The second-order valence-electron chi connectivity index (χ2n) is 7.61. The molecule has 0 amide bonds.